The zero-order chi connectivity index (χ0) is 20.4. The molecule has 0 atom stereocenters. The lowest BCUT2D eigenvalue weighted by Crippen LogP contribution is -2.15. The second-order valence-electron chi connectivity index (χ2n) is 5.56. The van der Waals surface area contributed by atoms with Gasteiger partial charge in [0, 0.05) is 0 Å². The third-order valence-electron chi connectivity index (χ3n) is 3.97. The number of methoxy groups -OCH3 is 2. The first-order valence-corrected chi connectivity index (χ1v) is 9.10. The largest absolute Gasteiger partial charge is 0.506 e. The number of carbonyl (C=O) groups is 2. The molecule has 1 heterocycles. The number of halogens is 2. The summed E-state index contributed by atoms with van der Waals surface area (Å²) in [5.74, 6) is -1.85. The number of rotatable bonds is 4. The summed E-state index contributed by atoms with van der Waals surface area (Å²) in [5, 5.41) is 15.1. The van der Waals surface area contributed by atoms with Gasteiger partial charge in [-0.1, -0.05) is 29.8 Å². The Labute approximate surface area is 173 Å². The van der Waals surface area contributed by atoms with Gasteiger partial charge in [-0.25, -0.2) is 14.3 Å². The molecule has 0 spiro atoms. The molecule has 144 valence electrons. The summed E-state index contributed by atoms with van der Waals surface area (Å²) in [4.78, 5) is 25.1. The first-order valence-electron chi connectivity index (χ1n) is 7.93. The predicted octanol–water partition coefficient (Wildman–Crippen LogP) is 4.23. The maximum absolute atomic E-state index is 12.6. The molecule has 3 rings (SSSR count). The van der Waals surface area contributed by atoms with Crippen LogP contribution >= 0.6 is 27.5 Å². The maximum atomic E-state index is 12.6. The van der Waals surface area contributed by atoms with Crippen molar-refractivity contribution in [3.63, 3.8) is 0 Å². The number of hydrogen-bond donors (Lipinski definition) is 1. The quantitative estimate of drug-likeness (QED) is 0.580. The van der Waals surface area contributed by atoms with E-state index in [-0.39, 0.29) is 33.3 Å². The van der Waals surface area contributed by atoms with Gasteiger partial charge in [-0.2, -0.15) is 5.10 Å². The van der Waals surface area contributed by atoms with Crippen LogP contribution in [-0.2, 0) is 9.47 Å². The number of phenols is 1. The summed E-state index contributed by atoms with van der Waals surface area (Å²) in [6.45, 7) is 0. The lowest BCUT2D eigenvalue weighted by Gasteiger charge is -2.08. The lowest BCUT2D eigenvalue weighted by molar-refractivity contribution is 0.0549. The fourth-order valence-electron chi connectivity index (χ4n) is 2.70. The van der Waals surface area contributed by atoms with Crippen molar-refractivity contribution in [2.45, 2.75) is 0 Å². The third kappa shape index (κ3) is 3.36. The topological polar surface area (TPSA) is 90.6 Å². The zero-order valence-electron chi connectivity index (χ0n) is 14.8. The van der Waals surface area contributed by atoms with Gasteiger partial charge in [0.25, 0.3) is 0 Å². The van der Waals surface area contributed by atoms with E-state index in [2.05, 4.69) is 21.0 Å². The number of carbonyl (C=O) groups excluding carboxylic acids is 2. The molecule has 0 bridgehead atoms. The summed E-state index contributed by atoms with van der Waals surface area (Å²) in [5.41, 5.74) is 0.251. The van der Waals surface area contributed by atoms with E-state index in [4.69, 9.17) is 21.1 Å². The van der Waals surface area contributed by atoms with Gasteiger partial charge in [-0.15, -0.1) is 0 Å². The highest BCUT2D eigenvalue weighted by Gasteiger charge is 2.33. The first kappa shape index (κ1) is 19.9. The van der Waals surface area contributed by atoms with E-state index in [1.165, 1.54) is 25.0 Å². The van der Waals surface area contributed by atoms with E-state index < -0.39 is 11.9 Å². The van der Waals surface area contributed by atoms with Crippen molar-refractivity contribution in [3.05, 3.63) is 63.2 Å². The lowest BCUT2D eigenvalue weighted by atomic mass is 10.0. The standard InChI is InChI=1S/C19H14BrClN2O5/c1-27-18(25)14-15(13-12(21)9-8-11(20)17(13)24)22-23(16(14)19(26)28-2)10-6-4-3-5-7-10/h3-9,24H,1-2H3. The van der Waals surface area contributed by atoms with Crippen LogP contribution in [0.5, 0.6) is 5.75 Å². The van der Waals surface area contributed by atoms with Crippen LogP contribution in [0.15, 0.2) is 46.9 Å². The molecule has 0 aliphatic carbocycles. The molecule has 1 aromatic heterocycles. The van der Waals surface area contributed by atoms with E-state index in [1.807, 2.05) is 0 Å². The molecule has 2 aromatic carbocycles. The Balaban J connectivity index is 2.45. The van der Waals surface area contributed by atoms with Crippen LogP contribution in [0.25, 0.3) is 16.9 Å². The number of aromatic hydroxyl groups is 1. The minimum atomic E-state index is -0.826. The number of benzene rings is 2. The Bertz CT molecular complexity index is 1070. The molecule has 0 aliphatic rings. The van der Waals surface area contributed by atoms with Crippen LogP contribution in [0.3, 0.4) is 0 Å². The second-order valence-corrected chi connectivity index (χ2v) is 6.82. The minimum absolute atomic E-state index is 0.0140. The Morgan fingerprint density at radius 3 is 2.32 bits per heavy atom. The molecule has 3 aromatic rings. The average molecular weight is 466 g/mol. The molecule has 0 saturated carbocycles. The van der Waals surface area contributed by atoms with Crippen molar-refractivity contribution >= 4 is 39.5 Å². The molecule has 0 saturated heterocycles. The summed E-state index contributed by atoms with van der Waals surface area (Å²) in [6, 6.07) is 11.8. The van der Waals surface area contributed by atoms with Crippen molar-refractivity contribution in [1.82, 2.24) is 9.78 Å². The number of ether oxygens (including phenoxy) is 2. The van der Waals surface area contributed by atoms with Gasteiger partial charge in [0.2, 0.25) is 0 Å². The van der Waals surface area contributed by atoms with Crippen molar-refractivity contribution in [2.75, 3.05) is 14.2 Å². The molecule has 0 radical (unpaired) electrons. The molecule has 7 nitrogen and oxygen atoms in total. The van der Waals surface area contributed by atoms with E-state index in [9.17, 15) is 14.7 Å². The number of hydrogen-bond acceptors (Lipinski definition) is 6. The van der Waals surface area contributed by atoms with E-state index in [0.717, 1.165) is 0 Å². The van der Waals surface area contributed by atoms with Gasteiger partial charge >= 0.3 is 11.9 Å². The van der Waals surface area contributed by atoms with Gasteiger partial charge in [0.15, 0.2) is 5.69 Å². The fourth-order valence-corrected chi connectivity index (χ4v) is 3.27. The number of esters is 2. The van der Waals surface area contributed by atoms with Crippen molar-refractivity contribution in [2.24, 2.45) is 0 Å². The summed E-state index contributed by atoms with van der Waals surface area (Å²) < 4.78 is 11.3. The number of para-hydroxylation sites is 1. The number of nitrogens with zero attached hydrogens (tertiary/aromatic N) is 2. The van der Waals surface area contributed by atoms with Gasteiger partial charge in [-0.3, -0.25) is 0 Å². The van der Waals surface area contributed by atoms with E-state index in [0.29, 0.717) is 10.2 Å². The Hall–Kier alpha value is -2.84. The van der Waals surface area contributed by atoms with Crippen molar-refractivity contribution in [3.8, 4) is 22.7 Å². The highest BCUT2D eigenvalue weighted by molar-refractivity contribution is 9.10. The van der Waals surface area contributed by atoms with Crippen LogP contribution in [-0.4, -0.2) is 41.0 Å². The molecule has 0 unspecified atom stereocenters. The van der Waals surface area contributed by atoms with Crippen LogP contribution in [0.2, 0.25) is 5.02 Å². The van der Waals surface area contributed by atoms with Gasteiger partial charge in [0.05, 0.1) is 35.0 Å². The first-order chi connectivity index (χ1) is 13.4. The van der Waals surface area contributed by atoms with Crippen LogP contribution in [0, 0.1) is 0 Å². The molecule has 28 heavy (non-hydrogen) atoms. The number of phenolic OH excluding ortho intramolecular Hbond substituents is 1. The van der Waals surface area contributed by atoms with Crippen LogP contribution in [0.4, 0.5) is 0 Å². The zero-order valence-corrected chi connectivity index (χ0v) is 17.1. The second kappa shape index (κ2) is 8.04. The van der Waals surface area contributed by atoms with E-state index in [1.54, 1.807) is 36.4 Å². The van der Waals surface area contributed by atoms with Crippen LogP contribution < -0.4 is 0 Å². The Morgan fingerprint density at radius 2 is 1.71 bits per heavy atom. The van der Waals surface area contributed by atoms with Crippen molar-refractivity contribution < 1.29 is 24.2 Å². The Kier molecular flexibility index (Phi) is 5.71. The predicted molar refractivity (Wildman–Crippen MR) is 106 cm³/mol. The summed E-state index contributed by atoms with van der Waals surface area (Å²) in [6.07, 6.45) is 0. The fraction of sp³-hybridized carbons (Fsp3) is 0.105. The molecule has 0 fully saturated rings. The van der Waals surface area contributed by atoms with Gasteiger partial charge < -0.3 is 14.6 Å². The highest BCUT2D eigenvalue weighted by Crippen LogP contribution is 2.42. The maximum Gasteiger partial charge on any atom is 0.357 e. The number of aromatic nitrogens is 2. The SMILES string of the molecule is COC(=O)c1c(-c2c(Cl)ccc(Br)c2O)nn(-c2ccccc2)c1C(=O)OC. The monoisotopic (exact) mass is 464 g/mol. The average Bonchev–Trinajstić information content (AvgIpc) is 3.10. The summed E-state index contributed by atoms with van der Waals surface area (Å²) in [7, 11) is 2.37. The van der Waals surface area contributed by atoms with Gasteiger partial charge in [0.1, 0.15) is 17.0 Å². The highest BCUT2D eigenvalue weighted by atomic mass is 79.9. The van der Waals surface area contributed by atoms with Gasteiger partial charge in [-0.05, 0) is 40.2 Å². The van der Waals surface area contributed by atoms with Crippen molar-refractivity contribution in [1.29, 1.82) is 0 Å². The van der Waals surface area contributed by atoms with E-state index >= 15 is 0 Å². The molecular weight excluding hydrogens is 452 g/mol. The normalized spacial score (nSPS) is 10.6. The molecule has 0 amide bonds. The molecule has 1 N–H and O–H groups in total. The van der Waals surface area contributed by atoms with Crippen LogP contribution in [0.1, 0.15) is 20.8 Å². The minimum Gasteiger partial charge on any atom is -0.506 e. The molecule has 0 aliphatic heterocycles. The summed E-state index contributed by atoms with van der Waals surface area (Å²) >= 11 is 9.50. The molecular formula is C19H14BrClN2O5. The Morgan fingerprint density at radius 1 is 1.07 bits per heavy atom. The third-order valence-corrected chi connectivity index (χ3v) is 4.92. The molecule has 9 heteroatoms. The smallest absolute Gasteiger partial charge is 0.357 e.